The van der Waals surface area contributed by atoms with Gasteiger partial charge in [0, 0.05) is 30.9 Å². The van der Waals surface area contributed by atoms with Gasteiger partial charge in [-0.15, -0.1) is 0 Å². The van der Waals surface area contributed by atoms with Gasteiger partial charge >= 0.3 is 0 Å². The molecule has 88 valence electrons. The van der Waals surface area contributed by atoms with Crippen LogP contribution in [-0.4, -0.2) is 30.6 Å². The highest BCUT2D eigenvalue weighted by molar-refractivity contribution is 6.00. The zero-order chi connectivity index (χ0) is 12.0. The highest BCUT2D eigenvalue weighted by Crippen LogP contribution is 2.19. The van der Waals surface area contributed by atoms with Crippen molar-refractivity contribution in [3.8, 4) is 0 Å². The molecule has 1 aromatic carbocycles. The maximum Gasteiger partial charge on any atom is 0.124 e. The Morgan fingerprint density at radius 3 is 2.69 bits per heavy atom. The average molecular weight is 221 g/mol. The second kappa shape index (κ2) is 6.12. The minimum atomic E-state index is 0.0815. The van der Waals surface area contributed by atoms with E-state index in [2.05, 4.69) is 4.90 Å². The second-order valence-electron chi connectivity index (χ2n) is 3.59. The van der Waals surface area contributed by atoms with Crippen molar-refractivity contribution in [2.24, 2.45) is 5.73 Å². The lowest BCUT2D eigenvalue weighted by atomic mass is 10.1. The SMILES string of the molecule is CCN(CCCO)c1ccccc1C(=N)N. The number of nitrogens with one attached hydrogen (secondary N) is 1. The molecule has 0 saturated carbocycles. The summed E-state index contributed by atoms with van der Waals surface area (Å²) in [5, 5.41) is 16.4. The van der Waals surface area contributed by atoms with Crippen molar-refractivity contribution >= 4 is 11.5 Å². The van der Waals surface area contributed by atoms with Gasteiger partial charge in [0.15, 0.2) is 0 Å². The minimum absolute atomic E-state index is 0.0815. The van der Waals surface area contributed by atoms with Crippen LogP contribution < -0.4 is 10.6 Å². The number of amidine groups is 1. The van der Waals surface area contributed by atoms with Gasteiger partial charge in [0.1, 0.15) is 5.84 Å². The summed E-state index contributed by atoms with van der Waals surface area (Å²) in [5.74, 6) is 0.0815. The van der Waals surface area contributed by atoms with Crippen molar-refractivity contribution in [3.05, 3.63) is 29.8 Å². The van der Waals surface area contributed by atoms with Gasteiger partial charge in [0.2, 0.25) is 0 Å². The first-order valence-corrected chi connectivity index (χ1v) is 5.50. The van der Waals surface area contributed by atoms with E-state index in [0.29, 0.717) is 0 Å². The van der Waals surface area contributed by atoms with Gasteiger partial charge in [-0.3, -0.25) is 5.41 Å². The summed E-state index contributed by atoms with van der Waals surface area (Å²) in [6.07, 6.45) is 0.722. The van der Waals surface area contributed by atoms with Crippen LogP contribution >= 0.6 is 0 Å². The largest absolute Gasteiger partial charge is 0.396 e. The third kappa shape index (κ3) is 2.97. The van der Waals surface area contributed by atoms with Gasteiger partial charge in [-0.05, 0) is 25.5 Å². The monoisotopic (exact) mass is 221 g/mol. The molecular weight excluding hydrogens is 202 g/mol. The standard InChI is InChI=1S/C12H19N3O/c1-2-15(8-5-9-16)11-7-4-3-6-10(11)12(13)14/h3-4,6-7,16H,2,5,8-9H2,1H3,(H3,13,14). The van der Waals surface area contributed by atoms with E-state index in [4.69, 9.17) is 16.2 Å². The number of benzene rings is 1. The van der Waals surface area contributed by atoms with E-state index < -0.39 is 0 Å². The van der Waals surface area contributed by atoms with Crippen LogP contribution in [0.5, 0.6) is 0 Å². The van der Waals surface area contributed by atoms with Crippen LogP contribution in [0.1, 0.15) is 18.9 Å². The normalized spacial score (nSPS) is 10.1. The molecule has 0 radical (unpaired) electrons. The number of nitrogen functional groups attached to an aromatic ring is 1. The van der Waals surface area contributed by atoms with Crippen molar-refractivity contribution in [2.75, 3.05) is 24.6 Å². The van der Waals surface area contributed by atoms with Gasteiger partial charge in [-0.25, -0.2) is 0 Å². The number of nitrogens with zero attached hydrogens (tertiary/aromatic N) is 1. The molecule has 1 aromatic rings. The Bertz CT molecular complexity index is 352. The molecule has 4 nitrogen and oxygen atoms in total. The fraction of sp³-hybridized carbons (Fsp3) is 0.417. The number of para-hydroxylation sites is 1. The molecule has 0 spiro atoms. The smallest absolute Gasteiger partial charge is 0.124 e. The van der Waals surface area contributed by atoms with Crippen molar-refractivity contribution in [1.29, 1.82) is 5.41 Å². The molecule has 0 aromatic heterocycles. The lowest BCUT2D eigenvalue weighted by molar-refractivity contribution is 0.289. The summed E-state index contributed by atoms with van der Waals surface area (Å²) in [6.45, 7) is 3.84. The zero-order valence-electron chi connectivity index (χ0n) is 9.61. The highest BCUT2D eigenvalue weighted by Gasteiger charge is 2.10. The van der Waals surface area contributed by atoms with Gasteiger partial charge in [-0.2, -0.15) is 0 Å². The molecule has 0 heterocycles. The van der Waals surface area contributed by atoms with E-state index in [-0.39, 0.29) is 12.4 Å². The van der Waals surface area contributed by atoms with Crippen molar-refractivity contribution in [3.63, 3.8) is 0 Å². The number of aliphatic hydroxyl groups is 1. The van der Waals surface area contributed by atoms with Gasteiger partial charge in [-0.1, -0.05) is 12.1 Å². The molecule has 0 fully saturated rings. The molecule has 0 bridgehead atoms. The summed E-state index contributed by atoms with van der Waals surface area (Å²) < 4.78 is 0. The average Bonchev–Trinajstić information content (AvgIpc) is 2.30. The Balaban J connectivity index is 2.94. The maximum atomic E-state index is 8.84. The van der Waals surface area contributed by atoms with E-state index >= 15 is 0 Å². The lowest BCUT2D eigenvalue weighted by Gasteiger charge is -2.25. The van der Waals surface area contributed by atoms with Crippen molar-refractivity contribution in [1.82, 2.24) is 0 Å². The Kier molecular flexibility index (Phi) is 4.79. The predicted molar refractivity (Wildman–Crippen MR) is 67.0 cm³/mol. The Labute approximate surface area is 96.2 Å². The molecule has 0 aliphatic heterocycles. The van der Waals surface area contributed by atoms with E-state index in [1.54, 1.807) is 0 Å². The topological polar surface area (TPSA) is 73.3 Å². The van der Waals surface area contributed by atoms with Crippen molar-refractivity contribution in [2.45, 2.75) is 13.3 Å². The molecular formula is C12H19N3O. The van der Waals surface area contributed by atoms with E-state index in [1.807, 2.05) is 31.2 Å². The van der Waals surface area contributed by atoms with E-state index in [9.17, 15) is 0 Å². The fourth-order valence-electron chi connectivity index (χ4n) is 1.69. The molecule has 16 heavy (non-hydrogen) atoms. The highest BCUT2D eigenvalue weighted by atomic mass is 16.3. The van der Waals surface area contributed by atoms with Gasteiger partial charge < -0.3 is 15.7 Å². The number of hydrogen-bond donors (Lipinski definition) is 3. The predicted octanol–water partition coefficient (Wildman–Crippen LogP) is 1.18. The second-order valence-corrected chi connectivity index (χ2v) is 3.59. The first-order chi connectivity index (χ1) is 7.70. The first kappa shape index (κ1) is 12.5. The zero-order valence-corrected chi connectivity index (χ0v) is 9.61. The minimum Gasteiger partial charge on any atom is -0.396 e. The number of nitrogens with two attached hydrogens (primary N) is 1. The van der Waals surface area contributed by atoms with Crippen LogP contribution in [0.25, 0.3) is 0 Å². The third-order valence-electron chi connectivity index (χ3n) is 2.50. The Hall–Kier alpha value is -1.55. The van der Waals surface area contributed by atoms with Crippen molar-refractivity contribution < 1.29 is 5.11 Å². The number of anilines is 1. The van der Waals surface area contributed by atoms with E-state index in [1.165, 1.54) is 0 Å². The fourth-order valence-corrected chi connectivity index (χ4v) is 1.69. The maximum absolute atomic E-state index is 8.84. The summed E-state index contributed by atoms with van der Waals surface area (Å²) in [7, 11) is 0. The first-order valence-electron chi connectivity index (χ1n) is 5.50. The molecule has 1 rings (SSSR count). The molecule has 0 unspecified atom stereocenters. The van der Waals surface area contributed by atoms with Crippen LogP contribution in [0.15, 0.2) is 24.3 Å². The molecule has 0 aliphatic carbocycles. The van der Waals surface area contributed by atoms with Crippen LogP contribution in [0.2, 0.25) is 0 Å². The molecule has 0 atom stereocenters. The molecule has 4 N–H and O–H groups in total. The van der Waals surface area contributed by atoms with Gasteiger partial charge in [0.05, 0.1) is 0 Å². The summed E-state index contributed by atoms with van der Waals surface area (Å²) in [4.78, 5) is 2.12. The molecule has 0 saturated heterocycles. The summed E-state index contributed by atoms with van der Waals surface area (Å²) >= 11 is 0. The summed E-state index contributed by atoms with van der Waals surface area (Å²) in [6, 6.07) is 7.61. The third-order valence-corrected chi connectivity index (χ3v) is 2.50. The van der Waals surface area contributed by atoms with Crippen LogP contribution in [-0.2, 0) is 0 Å². The number of hydrogen-bond acceptors (Lipinski definition) is 3. The van der Waals surface area contributed by atoms with Gasteiger partial charge in [0.25, 0.3) is 0 Å². The number of aliphatic hydroxyl groups excluding tert-OH is 1. The lowest BCUT2D eigenvalue weighted by Crippen LogP contribution is -2.27. The Morgan fingerprint density at radius 1 is 1.44 bits per heavy atom. The molecule has 0 amide bonds. The number of rotatable bonds is 6. The molecule has 4 heteroatoms. The quantitative estimate of drug-likeness (QED) is 0.499. The summed E-state index contributed by atoms with van der Waals surface area (Å²) in [5.41, 5.74) is 7.26. The van der Waals surface area contributed by atoms with Crippen LogP contribution in [0, 0.1) is 5.41 Å². The van der Waals surface area contributed by atoms with Crippen LogP contribution in [0.4, 0.5) is 5.69 Å². The molecule has 0 aliphatic rings. The van der Waals surface area contributed by atoms with E-state index in [0.717, 1.165) is 30.8 Å². The Morgan fingerprint density at radius 2 is 2.12 bits per heavy atom. The van der Waals surface area contributed by atoms with Crippen LogP contribution in [0.3, 0.4) is 0 Å².